The molecule has 116 valence electrons. The van der Waals surface area contributed by atoms with Gasteiger partial charge in [0.15, 0.2) is 0 Å². The predicted molar refractivity (Wildman–Crippen MR) is 77.3 cm³/mol. The molecule has 0 unspecified atom stereocenters. The lowest BCUT2D eigenvalue weighted by Crippen LogP contribution is -2.12. The molecule has 0 atom stereocenters. The molecule has 0 radical (unpaired) electrons. The minimum atomic E-state index is 0.343. The summed E-state index contributed by atoms with van der Waals surface area (Å²) in [6.45, 7) is 3.59. The minimum Gasteiger partial charge on any atom is -0.491 e. The van der Waals surface area contributed by atoms with E-state index in [9.17, 15) is 4.79 Å². The number of benzene rings is 1. The third-order valence-electron chi connectivity index (χ3n) is 2.55. The number of methoxy groups -OCH3 is 1. The maximum Gasteiger partial charge on any atom is 0.235 e. The number of aliphatic imine (C=N–C) groups is 1. The lowest BCUT2D eigenvalue weighted by molar-refractivity contribution is 0.0180. The Bertz CT molecular complexity index is 415. The first-order valence-electron chi connectivity index (χ1n) is 6.76. The molecule has 6 heteroatoms. The molecule has 21 heavy (non-hydrogen) atoms. The lowest BCUT2D eigenvalue weighted by atomic mass is 10.2. The van der Waals surface area contributed by atoms with E-state index in [0.717, 1.165) is 11.3 Å². The SMILES string of the molecule is COCCOCCOCCOc1ccc(CN=C=O)cc1. The Morgan fingerprint density at radius 2 is 1.57 bits per heavy atom. The van der Waals surface area contributed by atoms with Crippen LogP contribution in [-0.4, -0.2) is 52.8 Å². The van der Waals surface area contributed by atoms with Gasteiger partial charge in [0.25, 0.3) is 0 Å². The molecular weight excluding hydrogens is 274 g/mol. The Hall–Kier alpha value is -1.72. The standard InChI is InChI=1S/C15H21NO5/c1-18-6-7-19-8-9-20-10-11-21-15-4-2-14(3-5-15)12-16-13-17/h2-5H,6-12H2,1H3. The molecule has 0 aliphatic carbocycles. The molecule has 0 aliphatic heterocycles. The summed E-state index contributed by atoms with van der Waals surface area (Å²) < 4.78 is 21.0. The average Bonchev–Trinajstić information content (AvgIpc) is 2.52. The van der Waals surface area contributed by atoms with Gasteiger partial charge in [-0.25, -0.2) is 9.79 Å². The number of isocyanates is 1. The zero-order valence-electron chi connectivity index (χ0n) is 12.2. The summed E-state index contributed by atoms with van der Waals surface area (Å²) in [5.41, 5.74) is 0.940. The molecule has 0 saturated carbocycles. The summed E-state index contributed by atoms with van der Waals surface area (Å²) in [5.74, 6) is 0.758. The van der Waals surface area contributed by atoms with E-state index in [4.69, 9.17) is 18.9 Å². The van der Waals surface area contributed by atoms with E-state index in [0.29, 0.717) is 46.2 Å². The Morgan fingerprint density at radius 1 is 0.952 bits per heavy atom. The van der Waals surface area contributed by atoms with Crippen LogP contribution >= 0.6 is 0 Å². The van der Waals surface area contributed by atoms with Crippen LogP contribution in [0, 0.1) is 0 Å². The molecule has 0 spiro atoms. The van der Waals surface area contributed by atoms with Gasteiger partial charge in [-0.15, -0.1) is 0 Å². The van der Waals surface area contributed by atoms with Gasteiger partial charge in [0, 0.05) is 7.11 Å². The van der Waals surface area contributed by atoms with Crippen molar-refractivity contribution in [3.63, 3.8) is 0 Å². The monoisotopic (exact) mass is 295 g/mol. The molecule has 0 bridgehead atoms. The first-order chi connectivity index (χ1) is 10.4. The quantitative estimate of drug-likeness (QED) is 0.333. The van der Waals surface area contributed by atoms with Gasteiger partial charge in [-0.2, -0.15) is 0 Å². The molecule has 0 fully saturated rings. The first-order valence-corrected chi connectivity index (χ1v) is 6.76. The number of carbonyl (C=O) groups excluding carboxylic acids is 1. The molecule has 0 aromatic heterocycles. The smallest absolute Gasteiger partial charge is 0.235 e. The maximum atomic E-state index is 10.0. The third-order valence-corrected chi connectivity index (χ3v) is 2.55. The van der Waals surface area contributed by atoms with E-state index in [1.807, 2.05) is 24.3 Å². The zero-order chi connectivity index (χ0) is 15.2. The van der Waals surface area contributed by atoms with Crippen LogP contribution in [0.15, 0.2) is 29.3 Å². The molecule has 0 aliphatic rings. The number of hydrogen-bond donors (Lipinski definition) is 0. The molecule has 6 nitrogen and oxygen atoms in total. The second-order valence-electron chi connectivity index (χ2n) is 4.12. The van der Waals surface area contributed by atoms with Crippen molar-refractivity contribution in [3.05, 3.63) is 29.8 Å². The van der Waals surface area contributed by atoms with Gasteiger partial charge in [-0.05, 0) is 17.7 Å². The van der Waals surface area contributed by atoms with Gasteiger partial charge < -0.3 is 18.9 Å². The summed E-state index contributed by atoms with van der Waals surface area (Å²) in [6.07, 6.45) is 1.51. The van der Waals surface area contributed by atoms with Crippen molar-refractivity contribution in [2.75, 3.05) is 46.8 Å². The summed E-state index contributed by atoms with van der Waals surface area (Å²) in [4.78, 5) is 13.5. The van der Waals surface area contributed by atoms with Crippen LogP contribution in [0.5, 0.6) is 5.75 Å². The van der Waals surface area contributed by atoms with Crippen LogP contribution in [-0.2, 0) is 25.5 Å². The highest BCUT2D eigenvalue weighted by Gasteiger charge is 1.96. The summed E-state index contributed by atoms with van der Waals surface area (Å²) in [6, 6.07) is 7.40. The average molecular weight is 295 g/mol. The highest BCUT2D eigenvalue weighted by atomic mass is 16.6. The molecule has 1 rings (SSSR count). The van der Waals surface area contributed by atoms with Crippen molar-refractivity contribution >= 4 is 6.08 Å². The van der Waals surface area contributed by atoms with Gasteiger partial charge in [0.05, 0.1) is 39.6 Å². The second-order valence-corrected chi connectivity index (χ2v) is 4.12. The molecular formula is C15H21NO5. The largest absolute Gasteiger partial charge is 0.491 e. The molecule has 1 aromatic carbocycles. The third kappa shape index (κ3) is 8.94. The molecule has 0 heterocycles. The number of rotatable bonds is 12. The predicted octanol–water partition coefficient (Wildman–Crippen LogP) is 1.58. The minimum absolute atomic E-state index is 0.343. The van der Waals surface area contributed by atoms with E-state index >= 15 is 0 Å². The van der Waals surface area contributed by atoms with Crippen LogP contribution in [0.3, 0.4) is 0 Å². The fourth-order valence-electron chi connectivity index (χ4n) is 1.50. The maximum absolute atomic E-state index is 10.0. The van der Waals surface area contributed by atoms with E-state index in [1.165, 1.54) is 6.08 Å². The van der Waals surface area contributed by atoms with Gasteiger partial charge in [0.2, 0.25) is 6.08 Å². The van der Waals surface area contributed by atoms with Crippen LogP contribution in [0.25, 0.3) is 0 Å². The van der Waals surface area contributed by atoms with Gasteiger partial charge >= 0.3 is 0 Å². The van der Waals surface area contributed by atoms with Crippen molar-refractivity contribution in [3.8, 4) is 5.75 Å². The summed E-state index contributed by atoms with van der Waals surface area (Å²) in [7, 11) is 1.64. The first kappa shape index (κ1) is 17.3. The topological polar surface area (TPSA) is 66.3 Å². The van der Waals surface area contributed by atoms with Crippen LogP contribution in [0.2, 0.25) is 0 Å². The normalized spacial score (nSPS) is 10.1. The van der Waals surface area contributed by atoms with Gasteiger partial charge in [0.1, 0.15) is 12.4 Å². The van der Waals surface area contributed by atoms with E-state index in [1.54, 1.807) is 7.11 Å². The van der Waals surface area contributed by atoms with Crippen LogP contribution in [0.1, 0.15) is 5.56 Å². The Labute approximate surface area is 124 Å². The second kappa shape index (κ2) is 12.1. The van der Waals surface area contributed by atoms with Gasteiger partial charge in [-0.1, -0.05) is 12.1 Å². The van der Waals surface area contributed by atoms with E-state index < -0.39 is 0 Å². The number of ether oxygens (including phenoxy) is 4. The van der Waals surface area contributed by atoms with Crippen molar-refractivity contribution in [2.24, 2.45) is 4.99 Å². The molecule has 0 N–H and O–H groups in total. The van der Waals surface area contributed by atoms with E-state index in [2.05, 4.69) is 4.99 Å². The number of hydrogen-bond acceptors (Lipinski definition) is 6. The molecule has 1 aromatic rings. The van der Waals surface area contributed by atoms with Crippen molar-refractivity contribution in [1.82, 2.24) is 0 Å². The molecule has 0 amide bonds. The summed E-state index contributed by atoms with van der Waals surface area (Å²) in [5, 5.41) is 0. The Kier molecular flexibility index (Phi) is 9.95. The van der Waals surface area contributed by atoms with Crippen LogP contribution < -0.4 is 4.74 Å². The fourth-order valence-corrected chi connectivity index (χ4v) is 1.50. The zero-order valence-corrected chi connectivity index (χ0v) is 12.2. The molecule has 0 saturated heterocycles. The van der Waals surface area contributed by atoms with Crippen molar-refractivity contribution in [2.45, 2.75) is 6.54 Å². The van der Waals surface area contributed by atoms with Gasteiger partial charge in [-0.3, -0.25) is 0 Å². The number of nitrogens with zero attached hydrogens (tertiary/aromatic N) is 1. The Morgan fingerprint density at radius 3 is 2.19 bits per heavy atom. The fraction of sp³-hybridized carbons (Fsp3) is 0.533. The highest BCUT2D eigenvalue weighted by molar-refractivity contribution is 5.34. The Balaban J connectivity index is 2.03. The van der Waals surface area contributed by atoms with E-state index in [-0.39, 0.29) is 0 Å². The lowest BCUT2D eigenvalue weighted by Gasteiger charge is -2.08. The van der Waals surface area contributed by atoms with Crippen molar-refractivity contribution < 1.29 is 23.7 Å². The van der Waals surface area contributed by atoms with Crippen LogP contribution in [0.4, 0.5) is 0 Å². The van der Waals surface area contributed by atoms with Crippen molar-refractivity contribution in [1.29, 1.82) is 0 Å². The summed E-state index contributed by atoms with van der Waals surface area (Å²) >= 11 is 0. The highest BCUT2D eigenvalue weighted by Crippen LogP contribution is 2.12.